The van der Waals surface area contributed by atoms with Gasteiger partial charge in [0.25, 0.3) is 10.2 Å². The van der Waals surface area contributed by atoms with Gasteiger partial charge in [0.15, 0.2) is 0 Å². The number of rotatable bonds is 4. The molecule has 1 saturated heterocycles. The van der Waals surface area contributed by atoms with E-state index in [0.717, 1.165) is 12.8 Å². The lowest BCUT2D eigenvalue weighted by molar-refractivity contribution is 0.261. The summed E-state index contributed by atoms with van der Waals surface area (Å²) in [6.07, 6.45) is 3.45. The molecule has 1 fully saturated rings. The second-order valence-electron chi connectivity index (χ2n) is 5.17. The highest BCUT2D eigenvalue weighted by Gasteiger charge is 2.31. The Morgan fingerprint density at radius 1 is 1.53 bits per heavy atom. The largest absolute Gasteiger partial charge is 0.282 e. The lowest BCUT2D eigenvalue weighted by Crippen LogP contribution is -2.46. The van der Waals surface area contributed by atoms with Crippen molar-refractivity contribution in [3.8, 4) is 0 Å². The van der Waals surface area contributed by atoms with Crippen LogP contribution in [0.15, 0.2) is 6.33 Å². The Morgan fingerprint density at radius 3 is 2.84 bits per heavy atom. The summed E-state index contributed by atoms with van der Waals surface area (Å²) in [6, 6.07) is 0. The second-order valence-corrected chi connectivity index (χ2v) is 7.20. The number of hydrogen-bond donors (Lipinski definition) is 0. The minimum absolute atomic E-state index is 0.240. The molecule has 0 N–H and O–H groups in total. The fourth-order valence-electron chi connectivity index (χ4n) is 2.30. The minimum Gasteiger partial charge on any atom is -0.252 e. The Bertz CT molecular complexity index is 527. The van der Waals surface area contributed by atoms with Gasteiger partial charge in [-0.05, 0) is 18.8 Å². The highest BCUT2D eigenvalue weighted by molar-refractivity contribution is 7.86. The molecule has 0 amide bonds. The van der Waals surface area contributed by atoms with Crippen molar-refractivity contribution in [1.82, 2.24) is 23.4 Å². The zero-order valence-electron chi connectivity index (χ0n) is 11.7. The monoisotopic (exact) mass is 287 g/mol. The van der Waals surface area contributed by atoms with Crippen LogP contribution < -0.4 is 0 Å². The van der Waals surface area contributed by atoms with Crippen LogP contribution in [0.2, 0.25) is 0 Å². The molecule has 2 heterocycles. The summed E-state index contributed by atoms with van der Waals surface area (Å²) in [7, 11) is -0.0599. The van der Waals surface area contributed by atoms with Gasteiger partial charge in [-0.2, -0.15) is 22.1 Å². The summed E-state index contributed by atoms with van der Waals surface area (Å²) in [4.78, 5) is 4.06. The van der Waals surface area contributed by atoms with E-state index in [0.29, 0.717) is 24.8 Å². The predicted molar refractivity (Wildman–Crippen MR) is 71.4 cm³/mol. The van der Waals surface area contributed by atoms with Crippen molar-refractivity contribution >= 4 is 10.2 Å². The number of nitrogens with zero attached hydrogens (tertiary/aromatic N) is 5. The van der Waals surface area contributed by atoms with Crippen molar-refractivity contribution in [2.24, 2.45) is 13.0 Å². The van der Waals surface area contributed by atoms with E-state index in [-0.39, 0.29) is 6.54 Å². The molecule has 1 aliphatic heterocycles. The van der Waals surface area contributed by atoms with Crippen LogP contribution in [0.3, 0.4) is 0 Å². The first-order valence-electron chi connectivity index (χ1n) is 6.45. The Kier molecular flexibility index (Phi) is 4.22. The van der Waals surface area contributed by atoms with E-state index in [9.17, 15) is 8.42 Å². The summed E-state index contributed by atoms with van der Waals surface area (Å²) < 4.78 is 29.4. The topological polar surface area (TPSA) is 71.3 Å². The Hall–Kier alpha value is -0.990. The van der Waals surface area contributed by atoms with Crippen molar-refractivity contribution in [3.05, 3.63) is 12.2 Å². The van der Waals surface area contributed by atoms with E-state index in [4.69, 9.17) is 0 Å². The maximum atomic E-state index is 12.5. The molecule has 0 bridgehead atoms. The van der Waals surface area contributed by atoms with E-state index < -0.39 is 10.2 Å². The summed E-state index contributed by atoms with van der Waals surface area (Å²) in [5.41, 5.74) is 0. The van der Waals surface area contributed by atoms with Crippen molar-refractivity contribution in [1.29, 1.82) is 0 Å². The molecule has 0 aliphatic carbocycles. The predicted octanol–water partition coefficient (Wildman–Crippen LogP) is 0.224. The molecule has 1 atom stereocenters. The molecule has 1 aliphatic rings. The molecule has 0 unspecified atom stereocenters. The van der Waals surface area contributed by atoms with Gasteiger partial charge in [0.1, 0.15) is 12.2 Å². The number of aromatic nitrogens is 3. The zero-order chi connectivity index (χ0) is 14.0. The zero-order valence-corrected chi connectivity index (χ0v) is 12.5. The molecule has 7 nitrogen and oxygen atoms in total. The van der Waals surface area contributed by atoms with Crippen LogP contribution in [0.4, 0.5) is 0 Å². The van der Waals surface area contributed by atoms with Crippen LogP contribution >= 0.6 is 0 Å². The molecular formula is C11H21N5O2S. The first-order chi connectivity index (χ1) is 8.91. The molecule has 0 aromatic carbocycles. The quantitative estimate of drug-likeness (QED) is 0.794. The smallest absolute Gasteiger partial charge is 0.252 e. The van der Waals surface area contributed by atoms with Gasteiger partial charge in [-0.15, -0.1) is 0 Å². The standard InChI is InChI=1S/C11H21N5O2S/c1-10-5-4-6-16(7-10)19(17,18)14(2)8-11-12-9-13-15(11)3/h9-10H,4-8H2,1-3H3/t10-/m0/s1. The molecule has 0 radical (unpaired) electrons. The number of aryl methyl sites for hydroxylation is 1. The van der Waals surface area contributed by atoms with Crippen LogP contribution in [0.25, 0.3) is 0 Å². The average Bonchev–Trinajstić information content (AvgIpc) is 2.75. The van der Waals surface area contributed by atoms with E-state index in [1.54, 1.807) is 23.1 Å². The molecule has 2 rings (SSSR count). The Morgan fingerprint density at radius 2 is 2.26 bits per heavy atom. The average molecular weight is 287 g/mol. The maximum Gasteiger partial charge on any atom is 0.282 e. The van der Waals surface area contributed by atoms with Gasteiger partial charge in [-0.25, -0.2) is 4.98 Å². The highest BCUT2D eigenvalue weighted by Crippen LogP contribution is 2.20. The minimum atomic E-state index is -3.40. The third-order valence-electron chi connectivity index (χ3n) is 3.51. The lowest BCUT2D eigenvalue weighted by atomic mass is 10.0. The van der Waals surface area contributed by atoms with Gasteiger partial charge in [-0.3, -0.25) is 4.68 Å². The maximum absolute atomic E-state index is 12.5. The fourth-order valence-corrected chi connectivity index (χ4v) is 3.77. The third-order valence-corrected chi connectivity index (χ3v) is 5.41. The van der Waals surface area contributed by atoms with Crippen LogP contribution in [-0.4, -0.2) is 51.9 Å². The molecule has 0 spiro atoms. The molecule has 19 heavy (non-hydrogen) atoms. The summed E-state index contributed by atoms with van der Waals surface area (Å²) in [6.45, 7) is 3.54. The second kappa shape index (κ2) is 5.56. The van der Waals surface area contributed by atoms with Crippen LogP contribution in [-0.2, 0) is 23.8 Å². The van der Waals surface area contributed by atoms with Crippen LogP contribution in [0, 0.1) is 5.92 Å². The fraction of sp³-hybridized carbons (Fsp3) is 0.818. The van der Waals surface area contributed by atoms with Crippen molar-refractivity contribution < 1.29 is 8.42 Å². The number of hydrogen-bond acceptors (Lipinski definition) is 4. The van der Waals surface area contributed by atoms with Crippen molar-refractivity contribution in [2.45, 2.75) is 26.3 Å². The van der Waals surface area contributed by atoms with Crippen molar-refractivity contribution in [3.63, 3.8) is 0 Å². The molecule has 0 saturated carbocycles. The molecule has 8 heteroatoms. The molecule has 108 valence electrons. The van der Waals surface area contributed by atoms with Gasteiger partial charge in [-0.1, -0.05) is 6.92 Å². The molecule has 1 aromatic rings. The third kappa shape index (κ3) is 3.13. The van der Waals surface area contributed by atoms with Crippen molar-refractivity contribution in [2.75, 3.05) is 20.1 Å². The summed E-state index contributed by atoms with van der Waals surface area (Å²) >= 11 is 0. The van der Waals surface area contributed by atoms with Gasteiger partial charge in [0.05, 0.1) is 6.54 Å². The van der Waals surface area contributed by atoms with Gasteiger partial charge >= 0.3 is 0 Å². The lowest BCUT2D eigenvalue weighted by Gasteiger charge is -2.32. The van der Waals surface area contributed by atoms with E-state index in [1.807, 2.05) is 0 Å². The van der Waals surface area contributed by atoms with E-state index >= 15 is 0 Å². The Balaban J connectivity index is 2.08. The SMILES string of the molecule is C[C@H]1CCCN(S(=O)(=O)N(C)Cc2ncnn2C)C1. The summed E-state index contributed by atoms with van der Waals surface area (Å²) in [5, 5.41) is 3.95. The first kappa shape index (κ1) is 14.4. The highest BCUT2D eigenvalue weighted by atomic mass is 32.2. The summed E-state index contributed by atoms with van der Waals surface area (Å²) in [5.74, 6) is 1.06. The Labute approximate surface area is 114 Å². The number of piperidine rings is 1. The normalized spacial score (nSPS) is 22.0. The molecular weight excluding hydrogens is 266 g/mol. The van der Waals surface area contributed by atoms with Crippen LogP contribution in [0.5, 0.6) is 0 Å². The van der Waals surface area contributed by atoms with E-state index in [2.05, 4.69) is 17.0 Å². The van der Waals surface area contributed by atoms with E-state index in [1.165, 1.54) is 10.6 Å². The van der Waals surface area contributed by atoms with Gasteiger partial charge < -0.3 is 0 Å². The molecule has 1 aromatic heterocycles. The van der Waals surface area contributed by atoms with Crippen LogP contribution in [0.1, 0.15) is 25.6 Å². The van der Waals surface area contributed by atoms with Gasteiger partial charge in [0, 0.05) is 27.2 Å². The van der Waals surface area contributed by atoms with Gasteiger partial charge in [0.2, 0.25) is 0 Å². The first-order valence-corrected chi connectivity index (χ1v) is 7.85.